The molecule has 0 atom stereocenters. The SMILES string of the molecule is C=CC.CC=CCCCCC. The molecule has 0 rings (SSSR count). The van der Waals surface area contributed by atoms with Gasteiger partial charge in [0.05, 0.1) is 0 Å². The summed E-state index contributed by atoms with van der Waals surface area (Å²) in [6, 6.07) is 0. The van der Waals surface area contributed by atoms with Crippen molar-refractivity contribution in [2.45, 2.75) is 46.5 Å². The molecule has 0 aromatic rings. The van der Waals surface area contributed by atoms with E-state index in [9.17, 15) is 0 Å². The summed E-state index contributed by atoms with van der Waals surface area (Å²) >= 11 is 0. The maximum atomic E-state index is 3.36. The first kappa shape index (κ1) is 13.1. The standard InChI is InChI=1S/C8H16.C3H6/c1-3-5-7-8-6-4-2;1-3-2/h3,5H,4,6-8H2,1-2H3;3H,1H2,2H3. The predicted octanol–water partition coefficient (Wildman–Crippen LogP) is 4.34. The normalized spacial score (nSPS) is 9.00. The van der Waals surface area contributed by atoms with Crippen molar-refractivity contribution in [2.24, 2.45) is 0 Å². The largest absolute Gasteiger partial charge is 0.103 e. The van der Waals surface area contributed by atoms with Gasteiger partial charge in [-0.25, -0.2) is 0 Å². The fraction of sp³-hybridized carbons (Fsp3) is 0.636. The third-order valence-electron chi connectivity index (χ3n) is 1.21. The van der Waals surface area contributed by atoms with E-state index >= 15 is 0 Å². The Balaban J connectivity index is 0. The smallest absolute Gasteiger partial charge is 0.0351 e. The molecule has 0 aromatic heterocycles. The second kappa shape index (κ2) is 16.2. The van der Waals surface area contributed by atoms with Gasteiger partial charge >= 0.3 is 0 Å². The highest BCUT2D eigenvalue weighted by Crippen LogP contribution is 1.98. The first-order valence-corrected chi connectivity index (χ1v) is 4.51. The Labute approximate surface area is 72.0 Å². The van der Waals surface area contributed by atoms with Gasteiger partial charge in [0, 0.05) is 0 Å². The van der Waals surface area contributed by atoms with Gasteiger partial charge in [0.1, 0.15) is 0 Å². The number of unbranched alkanes of at least 4 members (excludes halogenated alkanes) is 3. The minimum atomic E-state index is 1.27. The average molecular weight is 154 g/mol. The number of hydrogen-bond donors (Lipinski definition) is 0. The highest BCUT2D eigenvalue weighted by molar-refractivity contribution is 4.75. The third-order valence-corrected chi connectivity index (χ3v) is 1.21. The van der Waals surface area contributed by atoms with Crippen molar-refractivity contribution in [1.29, 1.82) is 0 Å². The van der Waals surface area contributed by atoms with Crippen LogP contribution in [0.2, 0.25) is 0 Å². The zero-order valence-electron chi connectivity index (χ0n) is 8.27. The molecule has 0 bridgehead atoms. The van der Waals surface area contributed by atoms with Crippen LogP contribution in [-0.2, 0) is 0 Å². The maximum absolute atomic E-state index is 3.36. The number of allylic oxidation sites excluding steroid dienone is 3. The van der Waals surface area contributed by atoms with Crippen LogP contribution >= 0.6 is 0 Å². The van der Waals surface area contributed by atoms with E-state index in [0.29, 0.717) is 0 Å². The molecule has 0 saturated heterocycles. The second-order valence-electron chi connectivity index (χ2n) is 2.47. The van der Waals surface area contributed by atoms with E-state index in [1.54, 1.807) is 6.08 Å². The molecule has 0 heterocycles. The van der Waals surface area contributed by atoms with Crippen molar-refractivity contribution in [1.82, 2.24) is 0 Å². The maximum Gasteiger partial charge on any atom is -0.0351 e. The molecule has 0 nitrogen and oxygen atoms in total. The molecule has 0 unspecified atom stereocenters. The highest BCUT2D eigenvalue weighted by Gasteiger charge is 1.78. The summed E-state index contributed by atoms with van der Waals surface area (Å²) in [5.41, 5.74) is 0. The molecule has 0 radical (unpaired) electrons. The van der Waals surface area contributed by atoms with Crippen LogP contribution in [0.1, 0.15) is 46.5 Å². The fourth-order valence-corrected chi connectivity index (χ4v) is 0.679. The van der Waals surface area contributed by atoms with Crippen LogP contribution in [0.4, 0.5) is 0 Å². The number of rotatable bonds is 4. The van der Waals surface area contributed by atoms with Gasteiger partial charge in [-0.1, -0.05) is 38.0 Å². The molecule has 0 N–H and O–H groups in total. The van der Waals surface area contributed by atoms with Crippen molar-refractivity contribution in [2.75, 3.05) is 0 Å². The Bertz CT molecular complexity index is 80.0. The Morgan fingerprint density at radius 1 is 1.18 bits per heavy atom. The molecular weight excluding hydrogens is 132 g/mol. The lowest BCUT2D eigenvalue weighted by atomic mass is 10.2. The van der Waals surface area contributed by atoms with Crippen molar-refractivity contribution in [3.8, 4) is 0 Å². The topological polar surface area (TPSA) is 0 Å². The van der Waals surface area contributed by atoms with E-state index < -0.39 is 0 Å². The van der Waals surface area contributed by atoms with Crippen LogP contribution in [0.15, 0.2) is 24.8 Å². The highest BCUT2D eigenvalue weighted by atomic mass is 13.8. The lowest BCUT2D eigenvalue weighted by Gasteiger charge is -1.88. The summed E-state index contributed by atoms with van der Waals surface area (Å²) in [5, 5.41) is 0. The summed E-state index contributed by atoms with van der Waals surface area (Å²) in [6.45, 7) is 9.56. The lowest BCUT2D eigenvalue weighted by molar-refractivity contribution is 0.729. The molecule has 11 heavy (non-hydrogen) atoms. The van der Waals surface area contributed by atoms with E-state index in [0.717, 1.165) is 0 Å². The third kappa shape index (κ3) is 26.4. The summed E-state index contributed by atoms with van der Waals surface area (Å²) in [4.78, 5) is 0. The molecule has 0 aliphatic heterocycles. The van der Waals surface area contributed by atoms with Gasteiger partial charge in [-0.15, -0.1) is 6.58 Å². The Morgan fingerprint density at radius 2 is 1.73 bits per heavy atom. The zero-order valence-corrected chi connectivity index (χ0v) is 8.27. The molecule has 0 spiro atoms. The van der Waals surface area contributed by atoms with Crippen LogP contribution in [0.5, 0.6) is 0 Å². The predicted molar refractivity (Wildman–Crippen MR) is 54.8 cm³/mol. The van der Waals surface area contributed by atoms with E-state index in [1.807, 2.05) is 6.92 Å². The van der Waals surface area contributed by atoms with Crippen LogP contribution in [-0.4, -0.2) is 0 Å². The molecule has 0 aromatic carbocycles. The van der Waals surface area contributed by atoms with Crippen LogP contribution in [0.25, 0.3) is 0 Å². The first-order chi connectivity index (χ1) is 5.33. The average Bonchev–Trinajstić information content (AvgIpc) is 2.00. The molecule has 0 saturated carbocycles. The van der Waals surface area contributed by atoms with Crippen LogP contribution in [0.3, 0.4) is 0 Å². The van der Waals surface area contributed by atoms with Gasteiger partial charge in [0.25, 0.3) is 0 Å². The van der Waals surface area contributed by atoms with Gasteiger partial charge in [0.15, 0.2) is 0 Å². The monoisotopic (exact) mass is 154 g/mol. The molecule has 0 fully saturated rings. The van der Waals surface area contributed by atoms with Gasteiger partial charge in [0.2, 0.25) is 0 Å². The van der Waals surface area contributed by atoms with Gasteiger partial charge in [-0.05, 0) is 26.7 Å². The van der Waals surface area contributed by atoms with Crippen molar-refractivity contribution < 1.29 is 0 Å². The minimum absolute atomic E-state index is 1.27. The summed E-state index contributed by atoms with van der Waals surface area (Å²) in [6.07, 6.45) is 11.4. The number of hydrogen-bond acceptors (Lipinski definition) is 0. The first-order valence-electron chi connectivity index (χ1n) is 4.51. The Hall–Kier alpha value is -0.520. The van der Waals surface area contributed by atoms with E-state index in [4.69, 9.17) is 0 Å². The van der Waals surface area contributed by atoms with E-state index in [-0.39, 0.29) is 0 Å². The van der Waals surface area contributed by atoms with Crippen molar-refractivity contribution in [3.63, 3.8) is 0 Å². The molecule has 0 aliphatic carbocycles. The van der Waals surface area contributed by atoms with Gasteiger partial charge in [-0.2, -0.15) is 0 Å². The quantitative estimate of drug-likeness (QED) is 0.417. The second-order valence-corrected chi connectivity index (χ2v) is 2.47. The summed E-state index contributed by atoms with van der Waals surface area (Å²) in [5.74, 6) is 0. The van der Waals surface area contributed by atoms with Gasteiger partial charge in [-0.3, -0.25) is 0 Å². The minimum Gasteiger partial charge on any atom is -0.103 e. The molecule has 66 valence electrons. The van der Waals surface area contributed by atoms with Crippen LogP contribution < -0.4 is 0 Å². The Morgan fingerprint density at radius 3 is 2.09 bits per heavy atom. The zero-order chi connectivity index (χ0) is 8.95. The molecule has 0 amide bonds. The van der Waals surface area contributed by atoms with E-state index in [1.165, 1.54) is 25.7 Å². The molecule has 0 aliphatic rings. The molecular formula is C11H22. The van der Waals surface area contributed by atoms with E-state index in [2.05, 4.69) is 32.6 Å². The lowest BCUT2D eigenvalue weighted by Crippen LogP contribution is -1.68. The van der Waals surface area contributed by atoms with Crippen LogP contribution in [0, 0.1) is 0 Å². The summed E-state index contributed by atoms with van der Waals surface area (Å²) < 4.78 is 0. The Kier molecular flexibility index (Phi) is 19.3. The van der Waals surface area contributed by atoms with Crippen molar-refractivity contribution in [3.05, 3.63) is 24.8 Å². The summed E-state index contributed by atoms with van der Waals surface area (Å²) in [7, 11) is 0. The van der Waals surface area contributed by atoms with Gasteiger partial charge < -0.3 is 0 Å². The van der Waals surface area contributed by atoms with Crippen molar-refractivity contribution >= 4 is 0 Å². The molecule has 0 heteroatoms. The fourth-order valence-electron chi connectivity index (χ4n) is 0.679.